The summed E-state index contributed by atoms with van der Waals surface area (Å²) in [6.07, 6.45) is 1.24. The molecule has 17 heavy (non-hydrogen) atoms. The Labute approximate surface area is 101 Å². The van der Waals surface area contributed by atoms with E-state index in [0.29, 0.717) is 30.1 Å². The summed E-state index contributed by atoms with van der Waals surface area (Å²) in [6.45, 7) is 5.50. The first-order valence-electron chi connectivity index (χ1n) is 5.28. The second kappa shape index (κ2) is 7.32. The third-order valence-electron chi connectivity index (χ3n) is 2.07. The Hall–Kier alpha value is -1.98. The lowest BCUT2D eigenvalue weighted by Crippen LogP contribution is -2.34. The number of Topliss-reactive ketones (excluding diaryl/α,β-unsaturated/α-hetero) is 1. The molecule has 0 aromatic carbocycles. The summed E-state index contributed by atoms with van der Waals surface area (Å²) < 4.78 is 0. The Morgan fingerprint density at radius 1 is 1.12 bits per heavy atom. The van der Waals surface area contributed by atoms with Crippen molar-refractivity contribution in [1.82, 2.24) is 10.6 Å². The van der Waals surface area contributed by atoms with Gasteiger partial charge in [-0.2, -0.15) is 0 Å². The molecule has 6 heteroatoms. The molecule has 96 valence electrons. The first kappa shape index (κ1) is 15.0. The van der Waals surface area contributed by atoms with Crippen LogP contribution in [-0.2, 0) is 9.59 Å². The molecule has 0 rings (SSSR count). The van der Waals surface area contributed by atoms with Gasteiger partial charge in [0.25, 0.3) is 0 Å². The third-order valence-corrected chi connectivity index (χ3v) is 2.07. The summed E-state index contributed by atoms with van der Waals surface area (Å²) in [5.41, 5.74) is 12.0. The molecule has 6 nitrogen and oxygen atoms in total. The van der Waals surface area contributed by atoms with Crippen LogP contribution >= 0.6 is 0 Å². The van der Waals surface area contributed by atoms with Gasteiger partial charge >= 0.3 is 0 Å². The minimum absolute atomic E-state index is 0.130. The lowest BCUT2D eigenvalue weighted by atomic mass is 10.2. The molecule has 6 N–H and O–H groups in total. The van der Waals surface area contributed by atoms with Gasteiger partial charge in [-0.05, 0) is 13.8 Å². The van der Waals surface area contributed by atoms with Crippen molar-refractivity contribution in [2.75, 3.05) is 13.1 Å². The average Bonchev–Trinajstić information content (AvgIpc) is 2.26. The van der Waals surface area contributed by atoms with Gasteiger partial charge in [0.2, 0.25) is 5.91 Å². The molecule has 0 aromatic rings. The molecule has 0 saturated carbocycles. The maximum absolute atomic E-state index is 11.3. The summed E-state index contributed by atoms with van der Waals surface area (Å²) in [4.78, 5) is 22.5. The normalized spacial score (nSPS) is 12.8. The first-order chi connectivity index (χ1) is 7.90. The number of amides is 1. The summed E-state index contributed by atoms with van der Waals surface area (Å²) in [6, 6.07) is 0. The van der Waals surface area contributed by atoms with Crippen molar-refractivity contribution in [3.63, 3.8) is 0 Å². The lowest BCUT2D eigenvalue weighted by molar-refractivity contribution is -0.117. The van der Waals surface area contributed by atoms with Crippen LogP contribution in [0.25, 0.3) is 0 Å². The van der Waals surface area contributed by atoms with Gasteiger partial charge in [-0.25, -0.2) is 0 Å². The number of nitrogens with one attached hydrogen (secondary N) is 2. The summed E-state index contributed by atoms with van der Waals surface area (Å²) >= 11 is 0. The highest BCUT2D eigenvalue weighted by Crippen LogP contribution is 1.94. The van der Waals surface area contributed by atoms with E-state index in [1.54, 1.807) is 13.8 Å². The molecule has 0 aliphatic rings. The lowest BCUT2D eigenvalue weighted by Gasteiger charge is -2.10. The topological polar surface area (TPSA) is 110 Å². The number of carbonyl (C=O) groups excluding carboxylic acids is 2. The van der Waals surface area contributed by atoms with Gasteiger partial charge in [0.1, 0.15) is 0 Å². The minimum atomic E-state index is -0.230. The van der Waals surface area contributed by atoms with Crippen molar-refractivity contribution >= 4 is 11.7 Å². The number of carbonyl (C=O) groups is 2. The molecular weight excluding hydrogens is 220 g/mol. The predicted molar refractivity (Wildman–Crippen MR) is 66.5 cm³/mol. The molecule has 0 bridgehead atoms. The molecular formula is C11H20N4O2. The monoisotopic (exact) mass is 240 g/mol. The molecule has 0 aromatic heterocycles. The van der Waals surface area contributed by atoms with Crippen LogP contribution in [-0.4, -0.2) is 24.8 Å². The van der Waals surface area contributed by atoms with E-state index in [0.717, 1.165) is 0 Å². The Kier molecular flexibility index (Phi) is 6.47. The zero-order chi connectivity index (χ0) is 13.4. The quantitative estimate of drug-likeness (QED) is 0.364. The largest absolute Gasteiger partial charge is 0.404 e. The Morgan fingerprint density at radius 3 is 2.06 bits per heavy atom. The maximum Gasteiger partial charge on any atom is 0.248 e. The highest BCUT2D eigenvalue weighted by molar-refractivity contribution is 5.93. The molecule has 0 aliphatic carbocycles. The molecule has 0 aliphatic heterocycles. The summed E-state index contributed by atoms with van der Waals surface area (Å²) in [7, 11) is 0. The van der Waals surface area contributed by atoms with E-state index in [1.807, 2.05) is 0 Å². The smallest absolute Gasteiger partial charge is 0.248 e. The van der Waals surface area contributed by atoms with Crippen LogP contribution in [0.4, 0.5) is 0 Å². The van der Waals surface area contributed by atoms with Crippen molar-refractivity contribution in [3.05, 3.63) is 23.2 Å². The minimum Gasteiger partial charge on any atom is -0.404 e. The molecule has 0 atom stereocenters. The van der Waals surface area contributed by atoms with Crippen LogP contribution in [0.1, 0.15) is 20.8 Å². The van der Waals surface area contributed by atoms with E-state index < -0.39 is 0 Å². The predicted octanol–water partition coefficient (Wildman–Crippen LogP) is -0.666. The van der Waals surface area contributed by atoms with Crippen molar-refractivity contribution in [3.8, 4) is 0 Å². The Bertz CT molecular complexity index is 354. The highest BCUT2D eigenvalue weighted by atomic mass is 16.1. The number of nitrogens with two attached hydrogens (primary N) is 2. The fourth-order valence-corrected chi connectivity index (χ4v) is 1.12. The van der Waals surface area contributed by atoms with Gasteiger partial charge in [0.15, 0.2) is 5.78 Å². The van der Waals surface area contributed by atoms with Crippen molar-refractivity contribution in [2.45, 2.75) is 20.8 Å². The van der Waals surface area contributed by atoms with Gasteiger partial charge in [0.05, 0.1) is 5.70 Å². The van der Waals surface area contributed by atoms with E-state index in [9.17, 15) is 9.59 Å². The van der Waals surface area contributed by atoms with Crippen molar-refractivity contribution < 1.29 is 9.59 Å². The third kappa shape index (κ3) is 5.60. The fourth-order valence-electron chi connectivity index (χ4n) is 1.12. The first-order valence-corrected chi connectivity index (χ1v) is 5.28. The number of rotatable bonds is 6. The van der Waals surface area contributed by atoms with E-state index in [-0.39, 0.29) is 11.7 Å². The molecule has 1 amide bonds. The van der Waals surface area contributed by atoms with Crippen LogP contribution < -0.4 is 22.1 Å². The number of ketones is 1. The second-order valence-corrected chi connectivity index (χ2v) is 3.65. The van der Waals surface area contributed by atoms with E-state index in [1.165, 1.54) is 13.1 Å². The van der Waals surface area contributed by atoms with Gasteiger partial charge < -0.3 is 22.1 Å². The van der Waals surface area contributed by atoms with Gasteiger partial charge in [-0.15, -0.1) is 0 Å². The number of hydrogen-bond donors (Lipinski definition) is 4. The van der Waals surface area contributed by atoms with Gasteiger partial charge in [-0.1, -0.05) is 0 Å². The average molecular weight is 240 g/mol. The molecule has 0 radical (unpaired) electrons. The van der Waals surface area contributed by atoms with E-state index >= 15 is 0 Å². The SMILES string of the molecule is CC(=O)/C(NCCNC(=O)/C(C)=C/N)=C(\C)N. The number of allylic oxidation sites excluding steroid dienone is 2. The van der Waals surface area contributed by atoms with Crippen molar-refractivity contribution in [1.29, 1.82) is 0 Å². The van der Waals surface area contributed by atoms with Crippen molar-refractivity contribution in [2.24, 2.45) is 11.5 Å². The standard InChI is InChI=1S/C11H20N4O2/c1-7(6-12)11(17)15-5-4-14-10(8(2)13)9(3)16/h6,14H,4-5,12-13H2,1-3H3,(H,15,17)/b7-6+,10-8-. The van der Waals surface area contributed by atoms with Crippen LogP contribution in [0, 0.1) is 0 Å². The molecule has 0 saturated heterocycles. The Balaban J connectivity index is 4.06. The molecule has 0 fully saturated rings. The Morgan fingerprint density at radius 2 is 1.65 bits per heavy atom. The highest BCUT2D eigenvalue weighted by Gasteiger charge is 2.06. The van der Waals surface area contributed by atoms with Crippen LogP contribution in [0.2, 0.25) is 0 Å². The van der Waals surface area contributed by atoms with E-state index in [4.69, 9.17) is 11.5 Å². The van der Waals surface area contributed by atoms with Gasteiger partial charge in [-0.3, -0.25) is 9.59 Å². The molecule has 0 spiro atoms. The van der Waals surface area contributed by atoms with E-state index in [2.05, 4.69) is 10.6 Å². The van der Waals surface area contributed by atoms with Crippen LogP contribution in [0.5, 0.6) is 0 Å². The second-order valence-electron chi connectivity index (χ2n) is 3.65. The summed E-state index contributed by atoms with van der Waals surface area (Å²) in [5, 5.41) is 5.51. The molecule has 0 unspecified atom stereocenters. The zero-order valence-electron chi connectivity index (χ0n) is 10.5. The molecule has 0 heterocycles. The maximum atomic E-state index is 11.3. The van der Waals surface area contributed by atoms with Crippen LogP contribution in [0.3, 0.4) is 0 Å². The fraction of sp³-hybridized carbons (Fsp3) is 0.455. The van der Waals surface area contributed by atoms with Crippen LogP contribution in [0.15, 0.2) is 23.2 Å². The number of hydrogen-bond acceptors (Lipinski definition) is 5. The van der Waals surface area contributed by atoms with Gasteiger partial charge in [0, 0.05) is 37.5 Å². The zero-order valence-corrected chi connectivity index (χ0v) is 10.5. The summed E-state index contributed by atoms with van der Waals surface area (Å²) in [5.74, 6) is -0.360.